The second-order valence-corrected chi connectivity index (χ2v) is 2.76. The van der Waals surface area contributed by atoms with E-state index in [1.165, 1.54) is 12.1 Å². The minimum Gasteiger partial charge on any atom is -0.481 e. The standard InChI is InChI=1S/C9H10O4/c1-6-4-7(10)5-8(13-6)2-3-9(11)12/h4-5H,2-3H2,1H3,(H,11,12). The zero-order chi connectivity index (χ0) is 9.84. The highest BCUT2D eigenvalue weighted by atomic mass is 16.4. The summed E-state index contributed by atoms with van der Waals surface area (Å²) in [6.45, 7) is 1.66. The van der Waals surface area contributed by atoms with Gasteiger partial charge in [-0.1, -0.05) is 0 Å². The SMILES string of the molecule is Cc1cc(=O)cc(CCC(=O)O)o1. The Hall–Kier alpha value is -1.58. The number of rotatable bonds is 3. The van der Waals surface area contributed by atoms with Crippen molar-refractivity contribution in [3.8, 4) is 0 Å². The number of carbonyl (C=O) groups is 1. The Bertz CT molecular complexity index is 364. The average Bonchev–Trinajstić information content (AvgIpc) is 1.99. The summed E-state index contributed by atoms with van der Waals surface area (Å²) in [4.78, 5) is 21.2. The normalized spacial score (nSPS) is 9.92. The zero-order valence-corrected chi connectivity index (χ0v) is 7.24. The summed E-state index contributed by atoms with van der Waals surface area (Å²) in [5, 5.41) is 8.39. The van der Waals surface area contributed by atoms with E-state index in [-0.39, 0.29) is 18.3 Å². The van der Waals surface area contributed by atoms with E-state index in [4.69, 9.17) is 9.52 Å². The third kappa shape index (κ3) is 3.11. The van der Waals surface area contributed by atoms with Gasteiger partial charge in [0.05, 0.1) is 6.42 Å². The highest BCUT2D eigenvalue weighted by molar-refractivity contribution is 5.66. The van der Waals surface area contributed by atoms with Gasteiger partial charge in [-0.15, -0.1) is 0 Å². The van der Waals surface area contributed by atoms with Crippen LogP contribution in [0.15, 0.2) is 21.3 Å². The molecule has 1 rings (SSSR count). The quantitative estimate of drug-likeness (QED) is 0.756. The molecule has 0 fully saturated rings. The fraction of sp³-hybridized carbons (Fsp3) is 0.333. The molecular weight excluding hydrogens is 172 g/mol. The molecular formula is C9H10O4. The van der Waals surface area contributed by atoms with Crippen molar-refractivity contribution in [2.75, 3.05) is 0 Å². The number of aryl methyl sites for hydroxylation is 2. The Morgan fingerprint density at radius 3 is 2.77 bits per heavy atom. The molecule has 0 saturated heterocycles. The topological polar surface area (TPSA) is 67.5 Å². The summed E-state index contributed by atoms with van der Waals surface area (Å²) in [7, 11) is 0. The van der Waals surface area contributed by atoms with Crippen molar-refractivity contribution in [2.45, 2.75) is 19.8 Å². The van der Waals surface area contributed by atoms with Gasteiger partial charge in [-0.05, 0) is 6.92 Å². The van der Waals surface area contributed by atoms with Crippen molar-refractivity contribution in [3.05, 3.63) is 33.9 Å². The summed E-state index contributed by atoms with van der Waals surface area (Å²) in [6, 6.07) is 2.68. The van der Waals surface area contributed by atoms with E-state index in [1.54, 1.807) is 6.92 Å². The molecule has 70 valence electrons. The van der Waals surface area contributed by atoms with Gasteiger partial charge in [0.25, 0.3) is 0 Å². The average molecular weight is 182 g/mol. The molecule has 0 bridgehead atoms. The van der Waals surface area contributed by atoms with Crippen LogP contribution in [0.25, 0.3) is 0 Å². The lowest BCUT2D eigenvalue weighted by Crippen LogP contribution is -2.03. The van der Waals surface area contributed by atoms with Gasteiger partial charge in [0.1, 0.15) is 11.5 Å². The van der Waals surface area contributed by atoms with Crippen molar-refractivity contribution < 1.29 is 14.3 Å². The molecule has 0 aliphatic heterocycles. The van der Waals surface area contributed by atoms with Crippen molar-refractivity contribution in [2.24, 2.45) is 0 Å². The largest absolute Gasteiger partial charge is 0.481 e. The fourth-order valence-corrected chi connectivity index (χ4v) is 1.02. The molecule has 0 atom stereocenters. The smallest absolute Gasteiger partial charge is 0.303 e. The third-order valence-electron chi connectivity index (χ3n) is 1.53. The molecule has 1 N–H and O–H groups in total. The number of aliphatic carboxylic acids is 1. The summed E-state index contributed by atoms with van der Waals surface area (Å²) >= 11 is 0. The highest BCUT2D eigenvalue weighted by Crippen LogP contribution is 2.03. The Morgan fingerprint density at radius 1 is 1.54 bits per heavy atom. The van der Waals surface area contributed by atoms with E-state index < -0.39 is 5.97 Å². The van der Waals surface area contributed by atoms with Gasteiger partial charge < -0.3 is 9.52 Å². The zero-order valence-electron chi connectivity index (χ0n) is 7.24. The molecule has 0 unspecified atom stereocenters. The maximum absolute atomic E-state index is 10.9. The molecule has 0 amide bonds. The predicted molar refractivity (Wildman–Crippen MR) is 45.7 cm³/mol. The molecule has 1 aromatic rings. The minimum absolute atomic E-state index is 0.0214. The van der Waals surface area contributed by atoms with E-state index in [1.807, 2.05) is 0 Å². The summed E-state index contributed by atoms with van der Waals surface area (Å²) in [5.41, 5.74) is -0.149. The first-order valence-corrected chi connectivity index (χ1v) is 3.90. The maximum Gasteiger partial charge on any atom is 0.303 e. The number of hydrogen-bond acceptors (Lipinski definition) is 3. The third-order valence-corrected chi connectivity index (χ3v) is 1.53. The minimum atomic E-state index is -0.899. The van der Waals surface area contributed by atoms with E-state index in [0.29, 0.717) is 11.5 Å². The molecule has 0 spiro atoms. The van der Waals surface area contributed by atoms with Crippen LogP contribution in [0, 0.1) is 6.92 Å². The molecule has 4 heteroatoms. The van der Waals surface area contributed by atoms with Gasteiger partial charge in [0, 0.05) is 18.6 Å². The Labute approximate surface area is 74.8 Å². The second kappa shape index (κ2) is 3.89. The van der Waals surface area contributed by atoms with Gasteiger partial charge in [-0.2, -0.15) is 0 Å². The lowest BCUT2D eigenvalue weighted by atomic mass is 10.2. The van der Waals surface area contributed by atoms with Crippen LogP contribution in [0.3, 0.4) is 0 Å². The van der Waals surface area contributed by atoms with Crippen LogP contribution in [-0.2, 0) is 11.2 Å². The summed E-state index contributed by atoms with van der Waals surface area (Å²) in [6.07, 6.45) is 0.235. The van der Waals surface area contributed by atoms with Gasteiger partial charge in [0.15, 0.2) is 5.43 Å². The highest BCUT2D eigenvalue weighted by Gasteiger charge is 2.02. The Balaban J connectivity index is 2.77. The monoisotopic (exact) mass is 182 g/mol. The second-order valence-electron chi connectivity index (χ2n) is 2.76. The van der Waals surface area contributed by atoms with Crippen LogP contribution in [0.1, 0.15) is 17.9 Å². The lowest BCUT2D eigenvalue weighted by Gasteiger charge is -1.98. The summed E-state index contributed by atoms with van der Waals surface area (Å²) < 4.78 is 5.15. The first-order valence-electron chi connectivity index (χ1n) is 3.90. The van der Waals surface area contributed by atoms with Crippen LogP contribution >= 0.6 is 0 Å². The maximum atomic E-state index is 10.9. The molecule has 0 aliphatic rings. The van der Waals surface area contributed by atoms with Crippen LogP contribution in [0.4, 0.5) is 0 Å². The van der Waals surface area contributed by atoms with Crippen LogP contribution in [0.5, 0.6) is 0 Å². The van der Waals surface area contributed by atoms with Gasteiger partial charge in [-0.25, -0.2) is 0 Å². The van der Waals surface area contributed by atoms with E-state index in [2.05, 4.69) is 0 Å². The predicted octanol–water partition coefficient (Wildman–Crippen LogP) is 0.965. The molecule has 0 radical (unpaired) electrons. The van der Waals surface area contributed by atoms with E-state index in [9.17, 15) is 9.59 Å². The molecule has 13 heavy (non-hydrogen) atoms. The lowest BCUT2D eigenvalue weighted by molar-refractivity contribution is -0.137. The molecule has 0 aliphatic carbocycles. The number of carboxylic acid groups (broad SMARTS) is 1. The van der Waals surface area contributed by atoms with Crippen molar-refractivity contribution >= 4 is 5.97 Å². The Kier molecular flexibility index (Phi) is 2.84. The fourth-order valence-electron chi connectivity index (χ4n) is 1.02. The Morgan fingerprint density at radius 2 is 2.23 bits per heavy atom. The first-order chi connectivity index (χ1) is 6.08. The van der Waals surface area contributed by atoms with Gasteiger partial charge in [0.2, 0.25) is 0 Å². The van der Waals surface area contributed by atoms with Crippen molar-refractivity contribution in [1.82, 2.24) is 0 Å². The van der Waals surface area contributed by atoms with Crippen LogP contribution in [-0.4, -0.2) is 11.1 Å². The van der Waals surface area contributed by atoms with Crippen molar-refractivity contribution in [3.63, 3.8) is 0 Å². The van der Waals surface area contributed by atoms with Crippen LogP contribution < -0.4 is 5.43 Å². The van der Waals surface area contributed by atoms with Gasteiger partial charge in [-0.3, -0.25) is 9.59 Å². The van der Waals surface area contributed by atoms with E-state index in [0.717, 1.165) is 0 Å². The molecule has 0 aromatic carbocycles. The number of carboxylic acids is 1. The first kappa shape index (κ1) is 9.51. The van der Waals surface area contributed by atoms with Crippen molar-refractivity contribution in [1.29, 1.82) is 0 Å². The van der Waals surface area contributed by atoms with Crippen LogP contribution in [0.2, 0.25) is 0 Å². The molecule has 1 aromatic heterocycles. The molecule has 0 saturated carbocycles. The van der Waals surface area contributed by atoms with Gasteiger partial charge >= 0.3 is 5.97 Å². The molecule has 1 heterocycles. The summed E-state index contributed by atoms with van der Waals surface area (Å²) in [5.74, 6) is 0.0319. The number of hydrogen-bond donors (Lipinski definition) is 1. The molecule has 4 nitrogen and oxygen atoms in total. The van der Waals surface area contributed by atoms with E-state index >= 15 is 0 Å².